The van der Waals surface area contributed by atoms with Crippen LogP contribution in [0, 0.1) is 12.8 Å². The standard InChI is InChI=1S/C18H29NO/c1-14(2)10-12-19(17-8-9-17)13-11-18(20)16-6-4-15(3)5-7-16/h4-7,14,17-18,20H,8-13H2,1-3H3. The number of aliphatic hydroxyl groups is 1. The highest BCUT2D eigenvalue weighted by Gasteiger charge is 2.28. The lowest BCUT2D eigenvalue weighted by atomic mass is 10.0. The number of benzene rings is 1. The molecular weight excluding hydrogens is 246 g/mol. The highest BCUT2D eigenvalue weighted by molar-refractivity contribution is 5.23. The maximum Gasteiger partial charge on any atom is 0.0802 e. The molecule has 1 saturated carbocycles. The second-order valence-electron chi connectivity index (χ2n) is 6.66. The highest BCUT2D eigenvalue weighted by atomic mass is 16.3. The van der Waals surface area contributed by atoms with E-state index in [0.29, 0.717) is 0 Å². The number of hydrogen-bond donors (Lipinski definition) is 1. The molecule has 0 bridgehead atoms. The molecule has 1 aliphatic rings. The van der Waals surface area contributed by atoms with Crippen molar-refractivity contribution in [1.29, 1.82) is 0 Å². The second kappa shape index (κ2) is 7.24. The Labute approximate surface area is 123 Å². The summed E-state index contributed by atoms with van der Waals surface area (Å²) in [6.07, 6.45) is 4.47. The first-order chi connectivity index (χ1) is 9.56. The van der Waals surface area contributed by atoms with Crippen LogP contribution in [0.5, 0.6) is 0 Å². The lowest BCUT2D eigenvalue weighted by Crippen LogP contribution is -2.30. The second-order valence-corrected chi connectivity index (χ2v) is 6.66. The summed E-state index contributed by atoms with van der Waals surface area (Å²) in [5, 5.41) is 10.3. The van der Waals surface area contributed by atoms with Gasteiger partial charge in [-0.1, -0.05) is 43.7 Å². The Kier molecular flexibility index (Phi) is 5.62. The SMILES string of the molecule is Cc1ccc(C(O)CCN(CCC(C)C)C2CC2)cc1. The summed E-state index contributed by atoms with van der Waals surface area (Å²) in [7, 11) is 0. The van der Waals surface area contributed by atoms with Gasteiger partial charge in [0.05, 0.1) is 6.10 Å². The first-order valence-corrected chi connectivity index (χ1v) is 8.05. The van der Waals surface area contributed by atoms with Crippen molar-refractivity contribution in [3.8, 4) is 0 Å². The molecule has 2 heteroatoms. The minimum absolute atomic E-state index is 0.323. The number of nitrogens with zero attached hydrogens (tertiary/aromatic N) is 1. The smallest absolute Gasteiger partial charge is 0.0802 e. The van der Waals surface area contributed by atoms with Gasteiger partial charge in [-0.15, -0.1) is 0 Å². The van der Waals surface area contributed by atoms with Crippen LogP contribution in [0.3, 0.4) is 0 Å². The highest BCUT2D eigenvalue weighted by Crippen LogP contribution is 2.28. The third-order valence-electron chi connectivity index (χ3n) is 4.21. The third kappa shape index (κ3) is 4.92. The summed E-state index contributed by atoms with van der Waals surface area (Å²) in [5.41, 5.74) is 2.30. The van der Waals surface area contributed by atoms with Crippen LogP contribution < -0.4 is 0 Å². The summed E-state index contributed by atoms with van der Waals surface area (Å²) >= 11 is 0. The monoisotopic (exact) mass is 275 g/mol. The average Bonchev–Trinajstić information content (AvgIpc) is 3.23. The van der Waals surface area contributed by atoms with Gasteiger partial charge in [-0.3, -0.25) is 0 Å². The quantitative estimate of drug-likeness (QED) is 0.777. The van der Waals surface area contributed by atoms with E-state index in [1.165, 1.54) is 31.4 Å². The Hall–Kier alpha value is -0.860. The van der Waals surface area contributed by atoms with E-state index >= 15 is 0 Å². The molecule has 0 aromatic heterocycles. The molecule has 1 N–H and O–H groups in total. The predicted molar refractivity (Wildman–Crippen MR) is 84.8 cm³/mol. The fourth-order valence-electron chi connectivity index (χ4n) is 2.58. The molecule has 1 unspecified atom stereocenters. The zero-order valence-electron chi connectivity index (χ0n) is 13.2. The van der Waals surface area contributed by atoms with Gasteiger partial charge in [-0.05, 0) is 50.6 Å². The Balaban J connectivity index is 1.80. The van der Waals surface area contributed by atoms with Crippen LogP contribution in [0.4, 0.5) is 0 Å². The Morgan fingerprint density at radius 2 is 1.70 bits per heavy atom. The fourth-order valence-corrected chi connectivity index (χ4v) is 2.58. The number of rotatable bonds is 8. The van der Waals surface area contributed by atoms with E-state index in [9.17, 15) is 5.11 Å². The first kappa shape index (κ1) is 15.5. The van der Waals surface area contributed by atoms with Crippen molar-refractivity contribution in [2.45, 2.75) is 58.6 Å². The van der Waals surface area contributed by atoms with Gasteiger partial charge in [-0.2, -0.15) is 0 Å². The van der Waals surface area contributed by atoms with Gasteiger partial charge in [0, 0.05) is 12.6 Å². The van der Waals surface area contributed by atoms with E-state index in [0.717, 1.165) is 30.5 Å². The molecule has 1 fully saturated rings. The summed E-state index contributed by atoms with van der Waals surface area (Å²) in [6, 6.07) is 9.05. The molecule has 1 aromatic carbocycles. The molecule has 1 atom stereocenters. The van der Waals surface area contributed by atoms with Gasteiger partial charge >= 0.3 is 0 Å². The Morgan fingerprint density at radius 3 is 2.25 bits per heavy atom. The maximum absolute atomic E-state index is 10.3. The molecule has 0 aliphatic heterocycles. The first-order valence-electron chi connectivity index (χ1n) is 8.05. The van der Waals surface area contributed by atoms with Gasteiger partial charge in [-0.25, -0.2) is 0 Å². The van der Waals surface area contributed by atoms with Crippen LogP contribution in [0.2, 0.25) is 0 Å². The molecule has 2 rings (SSSR count). The van der Waals surface area contributed by atoms with Crippen LogP contribution in [-0.4, -0.2) is 29.1 Å². The molecule has 0 heterocycles. The molecule has 0 saturated heterocycles. The summed E-state index contributed by atoms with van der Waals surface area (Å²) in [4.78, 5) is 2.58. The molecule has 1 aromatic rings. The molecule has 1 aliphatic carbocycles. The lowest BCUT2D eigenvalue weighted by Gasteiger charge is -2.24. The largest absolute Gasteiger partial charge is 0.388 e. The van der Waals surface area contributed by atoms with Gasteiger partial charge < -0.3 is 10.0 Å². The van der Waals surface area contributed by atoms with Crippen molar-refractivity contribution >= 4 is 0 Å². The lowest BCUT2D eigenvalue weighted by molar-refractivity contribution is 0.137. The zero-order chi connectivity index (χ0) is 14.5. The molecule has 2 nitrogen and oxygen atoms in total. The summed E-state index contributed by atoms with van der Waals surface area (Å²) in [5.74, 6) is 0.762. The van der Waals surface area contributed by atoms with Gasteiger partial charge in [0.15, 0.2) is 0 Å². The molecule has 0 spiro atoms. The molecule has 0 amide bonds. The molecule has 112 valence electrons. The Bertz CT molecular complexity index is 394. The van der Waals surface area contributed by atoms with Crippen molar-refractivity contribution in [2.24, 2.45) is 5.92 Å². The van der Waals surface area contributed by atoms with Gasteiger partial charge in [0.2, 0.25) is 0 Å². The van der Waals surface area contributed by atoms with Gasteiger partial charge in [0.25, 0.3) is 0 Å². The van der Waals surface area contributed by atoms with E-state index in [1.807, 2.05) is 0 Å². The third-order valence-corrected chi connectivity index (χ3v) is 4.21. The van der Waals surface area contributed by atoms with Crippen molar-refractivity contribution in [3.63, 3.8) is 0 Å². The fraction of sp³-hybridized carbons (Fsp3) is 0.667. The average molecular weight is 275 g/mol. The van der Waals surface area contributed by atoms with Crippen molar-refractivity contribution < 1.29 is 5.11 Å². The van der Waals surface area contributed by atoms with Crippen molar-refractivity contribution in [3.05, 3.63) is 35.4 Å². The minimum atomic E-state index is -0.323. The van der Waals surface area contributed by atoms with E-state index in [-0.39, 0.29) is 6.10 Å². The van der Waals surface area contributed by atoms with E-state index in [1.54, 1.807) is 0 Å². The van der Waals surface area contributed by atoms with Crippen LogP contribution in [0.15, 0.2) is 24.3 Å². The zero-order valence-corrected chi connectivity index (χ0v) is 13.2. The normalized spacial score (nSPS) is 16.9. The van der Waals surface area contributed by atoms with Crippen LogP contribution >= 0.6 is 0 Å². The van der Waals surface area contributed by atoms with Crippen LogP contribution in [0.25, 0.3) is 0 Å². The summed E-state index contributed by atoms with van der Waals surface area (Å²) in [6.45, 7) is 8.85. The number of hydrogen-bond acceptors (Lipinski definition) is 2. The van der Waals surface area contributed by atoms with Crippen molar-refractivity contribution in [2.75, 3.05) is 13.1 Å². The minimum Gasteiger partial charge on any atom is -0.388 e. The maximum atomic E-state index is 10.3. The topological polar surface area (TPSA) is 23.5 Å². The van der Waals surface area contributed by atoms with E-state index in [2.05, 4.69) is 49.9 Å². The Morgan fingerprint density at radius 1 is 1.10 bits per heavy atom. The molecule has 20 heavy (non-hydrogen) atoms. The molecular formula is C18H29NO. The van der Waals surface area contributed by atoms with E-state index < -0.39 is 0 Å². The van der Waals surface area contributed by atoms with Crippen LogP contribution in [-0.2, 0) is 0 Å². The van der Waals surface area contributed by atoms with Gasteiger partial charge in [0.1, 0.15) is 0 Å². The van der Waals surface area contributed by atoms with E-state index in [4.69, 9.17) is 0 Å². The number of aliphatic hydroxyl groups excluding tert-OH is 1. The van der Waals surface area contributed by atoms with Crippen molar-refractivity contribution in [1.82, 2.24) is 4.90 Å². The summed E-state index contributed by atoms with van der Waals surface area (Å²) < 4.78 is 0. The van der Waals surface area contributed by atoms with Crippen LogP contribution in [0.1, 0.15) is 56.8 Å². The number of aryl methyl sites for hydroxylation is 1. The molecule has 0 radical (unpaired) electrons. The predicted octanol–water partition coefficient (Wildman–Crippen LogP) is 3.93.